The number of anilines is 1. The number of amides is 1. The standard InChI is InChI=1S/C17H27N3O/c1-12-3-6-14(7-4-12)9-10-19-17(21)15-11-13(2)5-8-16(15)20-18/h5,8,11-12,14,20H,3-4,6-7,9-10,18H2,1-2H3,(H,19,21). The smallest absolute Gasteiger partial charge is 0.253 e. The molecule has 0 aliphatic heterocycles. The minimum atomic E-state index is -0.0455. The van der Waals surface area contributed by atoms with Crippen molar-refractivity contribution in [3.05, 3.63) is 29.3 Å². The topological polar surface area (TPSA) is 67.1 Å². The average molecular weight is 289 g/mol. The summed E-state index contributed by atoms with van der Waals surface area (Å²) in [5, 5.41) is 3.02. The van der Waals surface area contributed by atoms with Gasteiger partial charge in [0, 0.05) is 6.54 Å². The van der Waals surface area contributed by atoms with Crippen LogP contribution in [-0.4, -0.2) is 12.5 Å². The molecule has 0 radical (unpaired) electrons. The van der Waals surface area contributed by atoms with Crippen LogP contribution in [0.3, 0.4) is 0 Å². The van der Waals surface area contributed by atoms with Crippen molar-refractivity contribution < 1.29 is 4.79 Å². The van der Waals surface area contributed by atoms with Crippen LogP contribution in [0.25, 0.3) is 0 Å². The van der Waals surface area contributed by atoms with E-state index in [1.165, 1.54) is 25.7 Å². The Bertz CT molecular complexity index is 479. The molecular weight excluding hydrogens is 262 g/mol. The maximum Gasteiger partial charge on any atom is 0.253 e. The normalized spacial score (nSPS) is 21.9. The van der Waals surface area contributed by atoms with Crippen molar-refractivity contribution in [3.8, 4) is 0 Å². The van der Waals surface area contributed by atoms with Crippen LogP contribution >= 0.6 is 0 Å². The molecule has 0 atom stereocenters. The van der Waals surface area contributed by atoms with Gasteiger partial charge in [-0.3, -0.25) is 10.6 Å². The molecule has 0 bridgehead atoms. The Morgan fingerprint density at radius 2 is 2.00 bits per heavy atom. The molecule has 4 N–H and O–H groups in total. The van der Waals surface area contributed by atoms with Crippen LogP contribution in [0.5, 0.6) is 0 Å². The Morgan fingerprint density at radius 3 is 2.67 bits per heavy atom. The van der Waals surface area contributed by atoms with Gasteiger partial charge in [-0.25, -0.2) is 0 Å². The quantitative estimate of drug-likeness (QED) is 0.576. The number of hydrogen-bond acceptors (Lipinski definition) is 3. The Morgan fingerprint density at radius 1 is 1.29 bits per heavy atom. The average Bonchev–Trinajstić information content (AvgIpc) is 2.49. The first-order valence-corrected chi connectivity index (χ1v) is 7.95. The molecule has 1 aliphatic carbocycles. The Labute approximate surface area is 127 Å². The summed E-state index contributed by atoms with van der Waals surface area (Å²) in [4.78, 5) is 12.3. The van der Waals surface area contributed by atoms with Crippen molar-refractivity contribution in [1.29, 1.82) is 0 Å². The second kappa shape index (κ2) is 7.46. The van der Waals surface area contributed by atoms with Crippen molar-refractivity contribution in [1.82, 2.24) is 5.32 Å². The van der Waals surface area contributed by atoms with Gasteiger partial charge >= 0.3 is 0 Å². The lowest BCUT2D eigenvalue weighted by molar-refractivity contribution is 0.0950. The van der Waals surface area contributed by atoms with Crippen LogP contribution in [0.1, 0.15) is 54.9 Å². The number of rotatable bonds is 5. The van der Waals surface area contributed by atoms with E-state index in [1.807, 2.05) is 25.1 Å². The van der Waals surface area contributed by atoms with Crippen molar-refractivity contribution in [3.63, 3.8) is 0 Å². The van der Waals surface area contributed by atoms with Gasteiger partial charge in [-0.2, -0.15) is 0 Å². The monoisotopic (exact) mass is 289 g/mol. The van der Waals surface area contributed by atoms with E-state index in [0.717, 1.165) is 30.4 Å². The van der Waals surface area contributed by atoms with Crippen LogP contribution in [0.4, 0.5) is 5.69 Å². The highest BCUT2D eigenvalue weighted by Gasteiger charge is 2.18. The van der Waals surface area contributed by atoms with Gasteiger partial charge in [-0.05, 0) is 37.3 Å². The number of hydrazine groups is 1. The molecule has 0 spiro atoms. The van der Waals surface area contributed by atoms with E-state index in [9.17, 15) is 4.79 Å². The van der Waals surface area contributed by atoms with Gasteiger partial charge in [0.1, 0.15) is 0 Å². The number of nitrogen functional groups attached to an aromatic ring is 1. The Balaban J connectivity index is 1.83. The molecule has 1 aliphatic rings. The molecule has 1 aromatic carbocycles. The summed E-state index contributed by atoms with van der Waals surface area (Å²) < 4.78 is 0. The molecule has 0 aromatic heterocycles. The zero-order valence-electron chi connectivity index (χ0n) is 13.1. The lowest BCUT2D eigenvalue weighted by Gasteiger charge is -2.26. The van der Waals surface area contributed by atoms with E-state index < -0.39 is 0 Å². The van der Waals surface area contributed by atoms with E-state index in [0.29, 0.717) is 11.3 Å². The largest absolute Gasteiger partial charge is 0.352 e. The number of hydrogen-bond donors (Lipinski definition) is 3. The summed E-state index contributed by atoms with van der Waals surface area (Å²) in [5.41, 5.74) is 4.93. The van der Waals surface area contributed by atoms with Crippen molar-refractivity contribution in [2.24, 2.45) is 17.7 Å². The van der Waals surface area contributed by atoms with E-state index in [4.69, 9.17) is 5.84 Å². The summed E-state index contributed by atoms with van der Waals surface area (Å²) in [6, 6.07) is 5.65. The van der Waals surface area contributed by atoms with Gasteiger partial charge in [0.25, 0.3) is 5.91 Å². The molecule has 1 aromatic rings. The number of aryl methyl sites for hydroxylation is 1. The number of carbonyl (C=O) groups excluding carboxylic acids is 1. The fourth-order valence-corrected chi connectivity index (χ4v) is 3.07. The van der Waals surface area contributed by atoms with Crippen LogP contribution in [0, 0.1) is 18.8 Å². The van der Waals surface area contributed by atoms with Crippen LogP contribution in [0.15, 0.2) is 18.2 Å². The second-order valence-electron chi connectivity index (χ2n) is 6.36. The highest BCUT2D eigenvalue weighted by molar-refractivity contribution is 5.99. The highest BCUT2D eigenvalue weighted by atomic mass is 16.1. The Hall–Kier alpha value is -1.55. The summed E-state index contributed by atoms with van der Waals surface area (Å²) in [6.07, 6.45) is 6.35. The molecule has 4 heteroatoms. The zero-order valence-corrected chi connectivity index (χ0v) is 13.1. The van der Waals surface area contributed by atoms with Crippen LogP contribution < -0.4 is 16.6 Å². The number of benzene rings is 1. The minimum Gasteiger partial charge on any atom is -0.352 e. The Kier molecular flexibility index (Phi) is 5.62. The van der Waals surface area contributed by atoms with Gasteiger partial charge in [0.15, 0.2) is 0 Å². The first-order chi connectivity index (χ1) is 10.1. The molecule has 21 heavy (non-hydrogen) atoms. The van der Waals surface area contributed by atoms with Crippen molar-refractivity contribution in [2.75, 3.05) is 12.0 Å². The molecule has 0 heterocycles. The van der Waals surface area contributed by atoms with Crippen LogP contribution in [0.2, 0.25) is 0 Å². The summed E-state index contributed by atoms with van der Waals surface area (Å²) in [7, 11) is 0. The minimum absolute atomic E-state index is 0.0455. The lowest BCUT2D eigenvalue weighted by atomic mass is 9.81. The maximum atomic E-state index is 12.3. The highest BCUT2D eigenvalue weighted by Crippen LogP contribution is 2.30. The predicted molar refractivity (Wildman–Crippen MR) is 87.1 cm³/mol. The number of carbonyl (C=O) groups is 1. The lowest BCUT2D eigenvalue weighted by Crippen LogP contribution is -2.28. The number of nitrogens with one attached hydrogen (secondary N) is 2. The first-order valence-electron chi connectivity index (χ1n) is 7.95. The summed E-state index contributed by atoms with van der Waals surface area (Å²) >= 11 is 0. The molecule has 1 saturated carbocycles. The summed E-state index contributed by atoms with van der Waals surface area (Å²) in [5.74, 6) is 7.07. The van der Waals surface area contributed by atoms with Gasteiger partial charge in [0.05, 0.1) is 11.3 Å². The molecule has 4 nitrogen and oxygen atoms in total. The molecule has 1 fully saturated rings. The van der Waals surface area contributed by atoms with Gasteiger partial charge in [-0.15, -0.1) is 0 Å². The molecule has 1 amide bonds. The molecule has 0 saturated heterocycles. The zero-order chi connectivity index (χ0) is 15.2. The van der Waals surface area contributed by atoms with Crippen molar-refractivity contribution >= 4 is 11.6 Å². The molecule has 116 valence electrons. The fourth-order valence-electron chi connectivity index (χ4n) is 3.07. The number of nitrogens with two attached hydrogens (primary N) is 1. The molecular formula is C17H27N3O. The summed E-state index contributed by atoms with van der Waals surface area (Å²) in [6.45, 7) is 5.05. The SMILES string of the molecule is Cc1ccc(NN)c(C(=O)NCCC2CCC(C)CC2)c1. The van der Waals surface area contributed by atoms with E-state index in [2.05, 4.69) is 17.7 Å². The third-order valence-electron chi connectivity index (χ3n) is 4.55. The van der Waals surface area contributed by atoms with Crippen molar-refractivity contribution in [2.45, 2.75) is 46.0 Å². The fraction of sp³-hybridized carbons (Fsp3) is 0.588. The maximum absolute atomic E-state index is 12.3. The molecule has 2 rings (SSSR count). The third-order valence-corrected chi connectivity index (χ3v) is 4.55. The van der Waals surface area contributed by atoms with E-state index >= 15 is 0 Å². The van der Waals surface area contributed by atoms with E-state index in [-0.39, 0.29) is 5.91 Å². The van der Waals surface area contributed by atoms with Gasteiger partial charge in [-0.1, -0.05) is 44.2 Å². The van der Waals surface area contributed by atoms with Gasteiger partial charge < -0.3 is 10.7 Å². The predicted octanol–water partition coefficient (Wildman–Crippen LogP) is 3.23. The first kappa shape index (κ1) is 15.8. The van der Waals surface area contributed by atoms with Gasteiger partial charge in [0.2, 0.25) is 0 Å². The third kappa shape index (κ3) is 4.46. The van der Waals surface area contributed by atoms with Crippen LogP contribution in [-0.2, 0) is 0 Å². The molecule has 0 unspecified atom stereocenters. The second-order valence-corrected chi connectivity index (χ2v) is 6.36. The van der Waals surface area contributed by atoms with E-state index in [1.54, 1.807) is 0 Å².